The first-order valence-corrected chi connectivity index (χ1v) is 11.9. The Morgan fingerprint density at radius 1 is 1.06 bits per heavy atom. The summed E-state index contributed by atoms with van der Waals surface area (Å²) < 4.78 is 10.3. The lowest BCUT2D eigenvalue weighted by Gasteiger charge is -2.33. The largest absolute Gasteiger partial charge is 0.494 e. The molecule has 0 spiro atoms. The van der Waals surface area contributed by atoms with Gasteiger partial charge in [-0.2, -0.15) is 4.98 Å². The average molecular weight is 472 g/mol. The van der Waals surface area contributed by atoms with Gasteiger partial charge in [0, 0.05) is 32.4 Å². The molecule has 1 aliphatic rings. The van der Waals surface area contributed by atoms with Gasteiger partial charge in [0.15, 0.2) is 11.2 Å². The van der Waals surface area contributed by atoms with Crippen molar-refractivity contribution in [3.05, 3.63) is 87.1 Å². The van der Waals surface area contributed by atoms with Gasteiger partial charge in [-0.3, -0.25) is 13.9 Å². The Hall–Kier alpha value is -4.07. The summed E-state index contributed by atoms with van der Waals surface area (Å²) in [5, 5.41) is 0. The van der Waals surface area contributed by atoms with Crippen LogP contribution in [-0.4, -0.2) is 31.8 Å². The van der Waals surface area contributed by atoms with Crippen LogP contribution in [0.4, 0.5) is 11.6 Å². The minimum Gasteiger partial charge on any atom is -0.494 e. The quantitative estimate of drug-likeness (QED) is 0.428. The predicted octanol–water partition coefficient (Wildman–Crippen LogP) is 3.80. The molecule has 180 valence electrons. The van der Waals surface area contributed by atoms with E-state index < -0.39 is 0 Å². The van der Waals surface area contributed by atoms with Crippen molar-refractivity contribution in [1.29, 1.82) is 0 Å². The maximum Gasteiger partial charge on any atom is 0.332 e. The topological polar surface area (TPSA) is 74.3 Å². The summed E-state index contributed by atoms with van der Waals surface area (Å²) in [6.45, 7) is 6.33. The Morgan fingerprint density at radius 3 is 2.51 bits per heavy atom. The van der Waals surface area contributed by atoms with Crippen LogP contribution in [0.1, 0.15) is 19.4 Å². The number of rotatable bonds is 6. The molecule has 3 heterocycles. The molecule has 5 rings (SSSR count). The van der Waals surface area contributed by atoms with Crippen LogP contribution in [0, 0.1) is 5.92 Å². The number of ether oxygens (including phenoxy) is 1. The van der Waals surface area contributed by atoms with Crippen molar-refractivity contribution in [3.63, 3.8) is 0 Å². The van der Waals surface area contributed by atoms with E-state index in [-0.39, 0.29) is 23.7 Å². The molecule has 8 heteroatoms. The number of benzene rings is 2. The zero-order valence-electron chi connectivity index (χ0n) is 20.2. The molecule has 0 N–H and O–H groups in total. The SMILES string of the molecule is CCOc1ccc(N2C[C@H](C)Cn3c2nc2c3c(=O)n(C/C=C\c3ccccc3)c(=O)n2C)cc1. The van der Waals surface area contributed by atoms with E-state index in [4.69, 9.17) is 9.72 Å². The van der Waals surface area contributed by atoms with Crippen molar-refractivity contribution in [2.24, 2.45) is 13.0 Å². The van der Waals surface area contributed by atoms with Gasteiger partial charge in [-0.25, -0.2) is 4.79 Å². The van der Waals surface area contributed by atoms with Gasteiger partial charge in [-0.15, -0.1) is 0 Å². The zero-order valence-corrected chi connectivity index (χ0v) is 20.2. The second kappa shape index (κ2) is 9.29. The first-order chi connectivity index (χ1) is 17.0. The van der Waals surface area contributed by atoms with Crippen molar-refractivity contribution >= 4 is 28.9 Å². The minimum atomic E-state index is -0.378. The number of hydrogen-bond donors (Lipinski definition) is 0. The smallest absolute Gasteiger partial charge is 0.332 e. The molecule has 35 heavy (non-hydrogen) atoms. The van der Waals surface area contributed by atoms with Crippen molar-refractivity contribution < 1.29 is 4.74 Å². The van der Waals surface area contributed by atoms with Gasteiger partial charge in [0.1, 0.15) is 5.75 Å². The summed E-state index contributed by atoms with van der Waals surface area (Å²) in [6, 6.07) is 17.7. The highest BCUT2D eigenvalue weighted by Gasteiger charge is 2.29. The highest BCUT2D eigenvalue weighted by atomic mass is 16.5. The van der Waals surface area contributed by atoms with Gasteiger partial charge in [0.25, 0.3) is 5.56 Å². The van der Waals surface area contributed by atoms with Crippen LogP contribution in [0.5, 0.6) is 5.75 Å². The third kappa shape index (κ3) is 4.16. The van der Waals surface area contributed by atoms with E-state index in [2.05, 4.69) is 11.8 Å². The van der Waals surface area contributed by atoms with Gasteiger partial charge >= 0.3 is 5.69 Å². The van der Waals surface area contributed by atoms with E-state index in [1.54, 1.807) is 7.05 Å². The third-order valence-electron chi connectivity index (χ3n) is 6.30. The van der Waals surface area contributed by atoms with Crippen LogP contribution in [-0.2, 0) is 20.1 Å². The summed E-state index contributed by atoms with van der Waals surface area (Å²) in [4.78, 5) is 33.5. The standard InChI is InChI=1S/C27H29N5O3/c1-4-35-22-14-12-21(13-15-22)31-17-19(2)18-32-23-24(28-26(31)32)29(3)27(34)30(25(23)33)16-8-11-20-9-6-5-7-10-20/h5-15,19H,4,16-18H2,1-3H3/b11-8-/t19-/m0/s1. The summed E-state index contributed by atoms with van der Waals surface area (Å²) in [5.41, 5.74) is 2.14. The normalized spacial score (nSPS) is 15.6. The summed E-state index contributed by atoms with van der Waals surface area (Å²) in [7, 11) is 1.67. The second-order valence-electron chi connectivity index (χ2n) is 8.91. The molecule has 4 aromatic rings. The molecule has 0 aliphatic carbocycles. The van der Waals surface area contributed by atoms with E-state index in [0.29, 0.717) is 30.3 Å². The predicted molar refractivity (Wildman–Crippen MR) is 138 cm³/mol. The van der Waals surface area contributed by atoms with Crippen LogP contribution in [0.25, 0.3) is 17.2 Å². The molecule has 1 aliphatic heterocycles. The number of nitrogens with zero attached hydrogens (tertiary/aromatic N) is 5. The van der Waals surface area contributed by atoms with Crippen molar-refractivity contribution in [2.45, 2.75) is 26.9 Å². The lowest BCUT2D eigenvalue weighted by Crippen LogP contribution is -2.40. The Balaban J connectivity index is 1.58. The number of aryl methyl sites for hydroxylation is 1. The van der Waals surface area contributed by atoms with E-state index >= 15 is 0 Å². The maximum absolute atomic E-state index is 13.6. The second-order valence-corrected chi connectivity index (χ2v) is 8.91. The number of hydrogen-bond acceptors (Lipinski definition) is 5. The third-order valence-corrected chi connectivity index (χ3v) is 6.30. The van der Waals surface area contributed by atoms with E-state index in [1.807, 2.05) is 78.2 Å². The Morgan fingerprint density at radius 2 is 1.80 bits per heavy atom. The zero-order chi connectivity index (χ0) is 24.5. The molecule has 8 nitrogen and oxygen atoms in total. The van der Waals surface area contributed by atoms with Gasteiger partial charge < -0.3 is 14.2 Å². The lowest BCUT2D eigenvalue weighted by atomic mass is 10.1. The minimum absolute atomic E-state index is 0.189. The van der Waals surface area contributed by atoms with Crippen LogP contribution in [0.3, 0.4) is 0 Å². The van der Waals surface area contributed by atoms with Gasteiger partial charge in [0.05, 0.1) is 6.61 Å². The summed E-state index contributed by atoms with van der Waals surface area (Å²) in [5.74, 6) is 1.77. The number of anilines is 2. The molecule has 2 aromatic carbocycles. The highest BCUT2D eigenvalue weighted by Crippen LogP contribution is 2.33. The fourth-order valence-electron chi connectivity index (χ4n) is 4.63. The monoisotopic (exact) mass is 471 g/mol. The Labute approximate surface area is 203 Å². The fraction of sp³-hybridized carbons (Fsp3) is 0.296. The van der Waals surface area contributed by atoms with Crippen LogP contribution >= 0.6 is 0 Å². The number of imidazole rings is 1. The molecule has 0 saturated heterocycles. The van der Waals surface area contributed by atoms with Gasteiger partial charge in [-0.1, -0.05) is 49.4 Å². The Kier molecular flexibility index (Phi) is 6.03. The van der Waals surface area contributed by atoms with E-state index in [9.17, 15) is 9.59 Å². The summed E-state index contributed by atoms with van der Waals surface area (Å²) in [6.07, 6.45) is 3.75. The number of allylic oxidation sites excluding steroid dienone is 1. The number of aromatic nitrogens is 4. The van der Waals surface area contributed by atoms with Crippen molar-refractivity contribution in [1.82, 2.24) is 18.7 Å². The first-order valence-electron chi connectivity index (χ1n) is 11.9. The lowest BCUT2D eigenvalue weighted by molar-refractivity contribution is 0.340. The molecule has 0 bridgehead atoms. The van der Waals surface area contributed by atoms with Crippen LogP contribution in [0.2, 0.25) is 0 Å². The Bertz CT molecular complexity index is 1500. The fourth-order valence-corrected chi connectivity index (χ4v) is 4.63. The van der Waals surface area contributed by atoms with Gasteiger partial charge in [0.2, 0.25) is 5.95 Å². The average Bonchev–Trinajstić information content (AvgIpc) is 3.25. The molecule has 1 atom stereocenters. The highest BCUT2D eigenvalue weighted by molar-refractivity contribution is 5.77. The molecule has 0 saturated carbocycles. The molecule has 0 radical (unpaired) electrons. The molecule has 0 unspecified atom stereocenters. The maximum atomic E-state index is 13.6. The molecule has 2 aromatic heterocycles. The summed E-state index contributed by atoms with van der Waals surface area (Å²) >= 11 is 0. The number of fused-ring (bicyclic) bond motifs is 3. The molecule has 0 fully saturated rings. The van der Waals surface area contributed by atoms with Crippen LogP contribution < -0.4 is 20.9 Å². The molecular weight excluding hydrogens is 442 g/mol. The van der Waals surface area contributed by atoms with E-state index in [1.165, 1.54) is 9.13 Å². The van der Waals surface area contributed by atoms with Crippen molar-refractivity contribution in [2.75, 3.05) is 18.1 Å². The molecule has 0 amide bonds. The van der Waals surface area contributed by atoms with Crippen LogP contribution in [0.15, 0.2) is 70.3 Å². The molecular formula is C27H29N5O3. The van der Waals surface area contributed by atoms with Crippen molar-refractivity contribution in [3.8, 4) is 5.75 Å². The van der Waals surface area contributed by atoms with Gasteiger partial charge in [-0.05, 0) is 42.7 Å². The first kappa shape index (κ1) is 22.7. The van der Waals surface area contributed by atoms with E-state index in [0.717, 1.165) is 23.5 Å².